The Morgan fingerprint density at radius 1 is 1.33 bits per heavy atom. The Morgan fingerprint density at radius 3 is 3.03 bits per heavy atom. The molecule has 0 saturated heterocycles. The molecule has 1 atom stereocenters. The summed E-state index contributed by atoms with van der Waals surface area (Å²) in [5.74, 6) is 0.938. The average Bonchev–Trinajstić information content (AvgIpc) is 3.14. The van der Waals surface area contributed by atoms with Crippen LogP contribution < -0.4 is 29.7 Å². The lowest BCUT2D eigenvalue weighted by Crippen LogP contribution is -2.39. The highest BCUT2D eigenvalue weighted by molar-refractivity contribution is 6.00. The molecule has 2 aromatic rings. The van der Waals surface area contributed by atoms with Crippen molar-refractivity contribution in [2.45, 2.75) is 18.9 Å². The minimum absolute atomic E-state index is 0.102. The fourth-order valence-corrected chi connectivity index (χ4v) is 3.53. The second kappa shape index (κ2) is 8.79. The van der Waals surface area contributed by atoms with Crippen LogP contribution in [-0.2, 0) is 11.2 Å². The van der Waals surface area contributed by atoms with E-state index in [0.29, 0.717) is 36.8 Å². The molecule has 0 bridgehead atoms. The summed E-state index contributed by atoms with van der Waals surface area (Å²) in [5.41, 5.74) is 1.84. The van der Waals surface area contributed by atoms with Crippen LogP contribution in [0.4, 0.5) is 15.8 Å². The lowest BCUT2D eigenvalue weighted by atomic mass is 10.1. The molecule has 2 N–H and O–H groups in total. The van der Waals surface area contributed by atoms with E-state index in [4.69, 9.17) is 14.2 Å². The zero-order valence-electron chi connectivity index (χ0n) is 17.2. The maximum absolute atomic E-state index is 14.1. The van der Waals surface area contributed by atoms with E-state index in [1.807, 2.05) is 43.3 Å². The maximum atomic E-state index is 14.1. The number of benzene rings is 2. The number of hydrogen-bond donors (Lipinski definition) is 2. The van der Waals surface area contributed by atoms with Crippen LogP contribution in [0.15, 0.2) is 30.3 Å². The smallest absolute Gasteiger partial charge is 0.229 e. The van der Waals surface area contributed by atoms with Crippen LogP contribution in [-0.4, -0.2) is 52.4 Å². The highest BCUT2D eigenvalue weighted by atomic mass is 19.1. The highest BCUT2D eigenvalue weighted by Gasteiger charge is 2.32. The van der Waals surface area contributed by atoms with Crippen molar-refractivity contribution in [2.24, 2.45) is 0 Å². The van der Waals surface area contributed by atoms with Gasteiger partial charge in [-0.15, -0.1) is 0 Å². The van der Waals surface area contributed by atoms with Crippen molar-refractivity contribution in [3.05, 3.63) is 41.7 Å². The molecular weight excluding hydrogens is 389 g/mol. The SMILES string of the molecule is CN(C)c1cccc(OCCCNCC2COc3cc(F)c4c(c3O2)CC(=O)N4)c1. The monoisotopic (exact) mass is 415 g/mol. The van der Waals surface area contributed by atoms with Crippen LogP contribution in [0.25, 0.3) is 0 Å². The number of rotatable bonds is 8. The first kappa shape index (κ1) is 20.3. The normalized spacial score (nSPS) is 16.8. The molecule has 0 radical (unpaired) electrons. The largest absolute Gasteiger partial charge is 0.493 e. The van der Waals surface area contributed by atoms with E-state index in [1.165, 1.54) is 6.07 Å². The van der Waals surface area contributed by atoms with Gasteiger partial charge in [-0.2, -0.15) is 0 Å². The van der Waals surface area contributed by atoms with E-state index in [-0.39, 0.29) is 24.1 Å². The standard InChI is InChI=1S/C22H26FN3O4/c1-26(2)14-5-3-6-15(9-14)28-8-4-7-24-12-16-13-29-19-11-18(23)21-17(22(19)30-16)10-20(27)25-21/h3,5-6,9,11,16,24H,4,7-8,10,12-13H2,1-2H3,(H,25,27). The summed E-state index contributed by atoms with van der Waals surface area (Å²) >= 11 is 0. The summed E-state index contributed by atoms with van der Waals surface area (Å²) < 4.78 is 31.6. The van der Waals surface area contributed by atoms with Crippen LogP contribution in [0, 0.1) is 5.82 Å². The number of nitrogens with zero attached hydrogens (tertiary/aromatic N) is 1. The van der Waals surface area contributed by atoms with E-state index < -0.39 is 5.82 Å². The average molecular weight is 415 g/mol. The number of ether oxygens (including phenoxy) is 3. The van der Waals surface area contributed by atoms with Gasteiger partial charge in [0.1, 0.15) is 18.5 Å². The number of hydrogen-bond acceptors (Lipinski definition) is 6. The molecule has 8 heteroatoms. The Kier molecular flexibility index (Phi) is 5.94. The minimum atomic E-state index is -0.495. The number of carbonyl (C=O) groups is 1. The molecule has 4 rings (SSSR count). The van der Waals surface area contributed by atoms with Crippen LogP contribution in [0.1, 0.15) is 12.0 Å². The zero-order valence-corrected chi connectivity index (χ0v) is 17.2. The molecule has 2 heterocycles. The van der Waals surface area contributed by atoms with E-state index in [0.717, 1.165) is 24.4 Å². The van der Waals surface area contributed by atoms with Crippen molar-refractivity contribution in [2.75, 3.05) is 50.6 Å². The number of carbonyl (C=O) groups excluding carboxylic acids is 1. The van der Waals surface area contributed by atoms with E-state index in [9.17, 15) is 9.18 Å². The van der Waals surface area contributed by atoms with Crippen molar-refractivity contribution in [1.82, 2.24) is 5.32 Å². The summed E-state index contributed by atoms with van der Waals surface area (Å²) in [6.45, 7) is 2.29. The number of fused-ring (bicyclic) bond motifs is 3. The Balaban J connectivity index is 1.22. The van der Waals surface area contributed by atoms with Gasteiger partial charge in [-0.3, -0.25) is 4.79 Å². The van der Waals surface area contributed by atoms with Gasteiger partial charge in [0.15, 0.2) is 17.3 Å². The molecule has 1 amide bonds. The third kappa shape index (κ3) is 4.43. The third-order valence-electron chi connectivity index (χ3n) is 5.08. The van der Waals surface area contributed by atoms with Gasteiger partial charge < -0.3 is 29.7 Å². The Labute approximate surface area is 175 Å². The summed E-state index contributed by atoms with van der Waals surface area (Å²) in [6.07, 6.45) is 0.737. The fraction of sp³-hybridized carbons (Fsp3) is 0.409. The second-order valence-electron chi connectivity index (χ2n) is 7.61. The van der Waals surface area contributed by atoms with Crippen molar-refractivity contribution >= 4 is 17.3 Å². The van der Waals surface area contributed by atoms with Gasteiger partial charge in [-0.1, -0.05) is 6.07 Å². The molecule has 2 aliphatic heterocycles. The molecule has 160 valence electrons. The Hall–Kier alpha value is -3.00. The molecule has 0 saturated carbocycles. The number of amides is 1. The molecule has 0 aromatic heterocycles. The molecule has 0 spiro atoms. The molecule has 7 nitrogen and oxygen atoms in total. The summed E-state index contributed by atoms with van der Waals surface area (Å²) in [7, 11) is 4.00. The van der Waals surface area contributed by atoms with Crippen LogP contribution in [0.5, 0.6) is 17.2 Å². The van der Waals surface area contributed by atoms with Gasteiger partial charge in [0, 0.05) is 44.0 Å². The van der Waals surface area contributed by atoms with Crippen molar-refractivity contribution in [3.63, 3.8) is 0 Å². The molecule has 0 aliphatic carbocycles. The molecule has 30 heavy (non-hydrogen) atoms. The summed E-state index contributed by atoms with van der Waals surface area (Å²) in [5, 5.41) is 5.88. The minimum Gasteiger partial charge on any atom is -0.493 e. The molecular formula is C22H26FN3O4. The fourth-order valence-electron chi connectivity index (χ4n) is 3.53. The van der Waals surface area contributed by atoms with Crippen LogP contribution in [0.2, 0.25) is 0 Å². The first-order valence-electron chi connectivity index (χ1n) is 10.1. The van der Waals surface area contributed by atoms with E-state index in [2.05, 4.69) is 10.6 Å². The molecule has 0 fully saturated rings. The zero-order chi connectivity index (χ0) is 21.1. The first-order chi connectivity index (χ1) is 14.5. The lowest BCUT2D eigenvalue weighted by Gasteiger charge is -2.28. The van der Waals surface area contributed by atoms with Gasteiger partial charge in [0.2, 0.25) is 5.91 Å². The van der Waals surface area contributed by atoms with Crippen LogP contribution in [0.3, 0.4) is 0 Å². The molecule has 2 aliphatic rings. The Bertz CT molecular complexity index is 935. The number of nitrogens with one attached hydrogen (secondary N) is 2. The highest BCUT2D eigenvalue weighted by Crippen LogP contribution is 2.43. The van der Waals surface area contributed by atoms with Gasteiger partial charge in [-0.25, -0.2) is 4.39 Å². The number of anilines is 2. The van der Waals surface area contributed by atoms with Crippen molar-refractivity contribution < 1.29 is 23.4 Å². The van der Waals surface area contributed by atoms with E-state index >= 15 is 0 Å². The first-order valence-corrected chi connectivity index (χ1v) is 10.1. The topological polar surface area (TPSA) is 72.1 Å². The van der Waals surface area contributed by atoms with Crippen LogP contribution >= 0.6 is 0 Å². The van der Waals surface area contributed by atoms with Gasteiger partial charge >= 0.3 is 0 Å². The quantitative estimate of drug-likeness (QED) is 0.646. The maximum Gasteiger partial charge on any atom is 0.229 e. The van der Waals surface area contributed by atoms with Crippen molar-refractivity contribution in [3.8, 4) is 17.2 Å². The van der Waals surface area contributed by atoms with Gasteiger partial charge in [-0.05, 0) is 25.1 Å². The van der Waals surface area contributed by atoms with Gasteiger partial charge in [0.05, 0.1) is 18.7 Å². The molecule has 2 aromatic carbocycles. The van der Waals surface area contributed by atoms with E-state index in [1.54, 1.807) is 0 Å². The number of halogens is 1. The Morgan fingerprint density at radius 2 is 2.20 bits per heavy atom. The third-order valence-corrected chi connectivity index (χ3v) is 5.08. The van der Waals surface area contributed by atoms with Crippen molar-refractivity contribution in [1.29, 1.82) is 0 Å². The predicted octanol–water partition coefficient (Wildman–Crippen LogP) is 2.58. The summed E-state index contributed by atoms with van der Waals surface area (Å²) in [4.78, 5) is 13.7. The second-order valence-corrected chi connectivity index (χ2v) is 7.61. The summed E-state index contributed by atoms with van der Waals surface area (Å²) in [6, 6.07) is 9.25. The predicted molar refractivity (Wildman–Crippen MR) is 112 cm³/mol. The lowest BCUT2D eigenvalue weighted by molar-refractivity contribution is -0.115. The molecule has 1 unspecified atom stereocenters. The van der Waals surface area contributed by atoms with Gasteiger partial charge in [0.25, 0.3) is 0 Å².